The summed E-state index contributed by atoms with van der Waals surface area (Å²) in [5.74, 6) is -1.39. The van der Waals surface area contributed by atoms with Crippen molar-refractivity contribution in [2.45, 2.75) is 6.54 Å². The molecule has 76 valence electrons. The molecule has 5 heteroatoms. The summed E-state index contributed by atoms with van der Waals surface area (Å²) < 4.78 is 0. The number of phenols is 2. The molecule has 0 atom stereocenters. The number of hydrogen-bond donors (Lipinski definition) is 4. The lowest BCUT2D eigenvalue weighted by Crippen LogP contribution is -2.21. The standard InChI is InChI=1S/C9H11NO4/c11-7-3-1-2-6(9(7)14)4-10-5-8(12)13/h1-3,10-11,14H,4-5H2,(H,12,13). The number of carboxylic acid groups (broad SMARTS) is 1. The van der Waals surface area contributed by atoms with E-state index in [-0.39, 0.29) is 24.6 Å². The fraction of sp³-hybridized carbons (Fsp3) is 0.222. The second-order valence-corrected chi connectivity index (χ2v) is 2.78. The number of para-hydroxylation sites is 1. The summed E-state index contributed by atoms with van der Waals surface area (Å²) in [6.45, 7) is 0.0155. The number of hydrogen-bond acceptors (Lipinski definition) is 4. The van der Waals surface area contributed by atoms with Crippen LogP contribution in [0.3, 0.4) is 0 Å². The minimum absolute atomic E-state index is 0.185. The van der Waals surface area contributed by atoms with Crippen molar-refractivity contribution >= 4 is 5.97 Å². The molecule has 0 aromatic heterocycles. The Hall–Kier alpha value is -1.75. The van der Waals surface area contributed by atoms with Crippen LogP contribution < -0.4 is 5.32 Å². The number of carbonyl (C=O) groups is 1. The molecule has 0 aliphatic heterocycles. The van der Waals surface area contributed by atoms with Crippen LogP contribution in [0.25, 0.3) is 0 Å². The summed E-state index contributed by atoms with van der Waals surface area (Å²) in [6.07, 6.45) is 0. The highest BCUT2D eigenvalue weighted by atomic mass is 16.4. The van der Waals surface area contributed by atoms with Crippen LogP contribution in [-0.2, 0) is 11.3 Å². The van der Waals surface area contributed by atoms with Gasteiger partial charge in [-0.15, -0.1) is 0 Å². The van der Waals surface area contributed by atoms with Crippen molar-refractivity contribution in [1.82, 2.24) is 5.32 Å². The molecule has 14 heavy (non-hydrogen) atoms. The molecule has 0 fully saturated rings. The Bertz CT molecular complexity index is 338. The molecule has 0 unspecified atom stereocenters. The van der Waals surface area contributed by atoms with Gasteiger partial charge in [-0.2, -0.15) is 0 Å². The number of aromatic hydroxyl groups is 2. The Labute approximate surface area is 80.6 Å². The SMILES string of the molecule is O=C(O)CNCc1cccc(O)c1O. The average molecular weight is 197 g/mol. The van der Waals surface area contributed by atoms with Crippen molar-refractivity contribution in [2.24, 2.45) is 0 Å². The molecule has 0 heterocycles. The predicted octanol–water partition coefficient (Wildman–Crippen LogP) is 0.272. The van der Waals surface area contributed by atoms with Crippen LogP contribution in [0.1, 0.15) is 5.56 Å². The summed E-state index contributed by atoms with van der Waals surface area (Å²) in [6, 6.07) is 4.53. The van der Waals surface area contributed by atoms with Crippen molar-refractivity contribution in [1.29, 1.82) is 0 Å². The number of aliphatic carboxylic acids is 1. The van der Waals surface area contributed by atoms with Gasteiger partial charge in [-0.05, 0) is 6.07 Å². The molecule has 0 aliphatic carbocycles. The van der Waals surface area contributed by atoms with Gasteiger partial charge in [-0.1, -0.05) is 12.1 Å². The number of rotatable bonds is 4. The Balaban J connectivity index is 2.59. The fourth-order valence-electron chi connectivity index (χ4n) is 1.02. The molecule has 4 N–H and O–H groups in total. The number of benzene rings is 1. The van der Waals surface area contributed by atoms with E-state index < -0.39 is 5.97 Å². The normalized spacial score (nSPS) is 10.0. The molecule has 0 spiro atoms. The zero-order valence-electron chi connectivity index (χ0n) is 7.40. The van der Waals surface area contributed by atoms with Crippen LogP contribution in [0, 0.1) is 0 Å². The van der Waals surface area contributed by atoms with E-state index in [4.69, 9.17) is 10.2 Å². The van der Waals surface area contributed by atoms with Crippen LogP contribution in [0.15, 0.2) is 18.2 Å². The second-order valence-electron chi connectivity index (χ2n) is 2.78. The Kier molecular flexibility index (Phi) is 3.30. The highest BCUT2D eigenvalue weighted by Crippen LogP contribution is 2.27. The monoisotopic (exact) mass is 197 g/mol. The van der Waals surface area contributed by atoms with Gasteiger partial charge in [-0.25, -0.2) is 0 Å². The lowest BCUT2D eigenvalue weighted by molar-refractivity contribution is -0.136. The van der Waals surface area contributed by atoms with E-state index >= 15 is 0 Å². The van der Waals surface area contributed by atoms with Crippen molar-refractivity contribution in [2.75, 3.05) is 6.54 Å². The summed E-state index contributed by atoms with van der Waals surface area (Å²) >= 11 is 0. The summed E-state index contributed by atoms with van der Waals surface area (Å²) in [5, 5.41) is 29.4. The van der Waals surface area contributed by atoms with Gasteiger partial charge in [0.05, 0.1) is 6.54 Å². The summed E-state index contributed by atoms with van der Waals surface area (Å²) in [5.41, 5.74) is 0.464. The molecule has 0 bridgehead atoms. The van der Waals surface area contributed by atoms with E-state index in [1.54, 1.807) is 12.1 Å². The highest BCUT2D eigenvalue weighted by molar-refractivity contribution is 5.69. The zero-order chi connectivity index (χ0) is 10.6. The molecular formula is C9H11NO4. The summed E-state index contributed by atoms with van der Waals surface area (Å²) in [4.78, 5) is 10.2. The maximum absolute atomic E-state index is 10.2. The highest BCUT2D eigenvalue weighted by Gasteiger charge is 2.05. The molecule has 5 nitrogen and oxygen atoms in total. The first-order valence-corrected chi connectivity index (χ1v) is 4.03. The van der Waals surface area contributed by atoms with Gasteiger partial charge >= 0.3 is 5.97 Å². The molecule has 0 amide bonds. The third kappa shape index (κ3) is 2.63. The van der Waals surface area contributed by atoms with Crippen molar-refractivity contribution in [3.05, 3.63) is 23.8 Å². The molecular weight excluding hydrogens is 186 g/mol. The van der Waals surface area contributed by atoms with E-state index in [9.17, 15) is 9.90 Å². The molecule has 0 saturated carbocycles. The topological polar surface area (TPSA) is 89.8 Å². The fourth-order valence-corrected chi connectivity index (χ4v) is 1.02. The average Bonchev–Trinajstić information content (AvgIpc) is 2.12. The first kappa shape index (κ1) is 10.3. The van der Waals surface area contributed by atoms with Crippen LogP contribution in [0.2, 0.25) is 0 Å². The summed E-state index contributed by atoms with van der Waals surface area (Å²) in [7, 11) is 0. The minimum Gasteiger partial charge on any atom is -0.504 e. The molecule has 1 aromatic rings. The third-order valence-electron chi connectivity index (χ3n) is 1.69. The molecule has 0 aliphatic rings. The van der Waals surface area contributed by atoms with Crippen LogP contribution in [0.5, 0.6) is 11.5 Å². The van der Waals surface area contributed by atoms with Gasteiger partial charge in [0.15, 0.2) is 11.5 Å². The van der Waals surface area contributed by atoms with Gasteiger partial charge in [0.1, 0.15) is 0 Å². The maximum Gasteiger partial charge on any atom is 0.317 e. The van der Waals surface area contributed by atoms with Crippen LogP contribution >= 0.6 is 0 Å². The molecule has 0 radical (unpaired) electrons. The minimum atomic E-state index is -0.968. The first-order valence-electron chi connectivity index (χ1n) is 4.03. The number of carboxylic acids is 1. The van der Waals surface area contributed by atoms with Crippen LogP contribution in [-0.4, -0.2) is 27.8 Å². The Morgan fingerprint density at radius 2 is 2.07 bits per heavy atom. The Morgan fingerprint density at radius 3 is 2.71 bits per heavy atom. The lowest BCUT2D eigenvalue weighted by atomic mass is 10.2. The van der Waals surface area contributed by atoms with E-state index in [0.717, 1.165) is 0 Å². The Morgan fingerprint density at radius 1 is 1.36 bits per heavy atom. The van der Waals surface area contributed by atoms with Crippen molar-refractivity contribution in [3.63, 3.8) is 0 Å². The van der Waals surface area contributed by atoms with E-state index in [2.05, 4.69) is 5.32 Å². The quantitative estimate of drug-likeness (QED) is 0.520. The van der Waals surface area contributed by atoms with Gasteiger partial charge in [0.2, 0.25) is 0 Å². The number of phenolic OH excluding ortho intramolecular Hbond substituents is 2. The van der Waals surface area contributed by atoms with Gasteiger partial charge in [-0.3, -0.25) is 4.79 Å². The van der Waals surface area contributed by atoms with Gasteiger partial charge in [0.25, 0.3) is 0 Å². The van der Waals surface area contributed by atoms with Crippen molar-refractivity contribution < 1.29 is 20.1 Å². The zero-order valence-corrected chi connectivity index (χ0v) is 7.40. The molecule has 1 aromatic carbocycles. The maximum atomic E-state index is 10.2. The van der Waals surface area contributed by atoms with Crippen molar-refractivity contribution in [3.8, 4) is 11.5 Å². The third-order valence-corrected chi connectivity index (χ3v) is 1.69. The predicted molar refractivity (Wildman–Crippen MR) is 49.1 cm³/mol. The first-order chi connectivity index (χ1) is 6.61. The van der Waals surface area contributed by atoms with Crippen LogP contribution in [0.4, 0.5) is 0 Å². The van der Waals surface area contributed by atoms with E-state index in [1.165, 1.54) is 6.07 Å². The van der Waals surface area contributed by atoms with E-state index in [1.807, 2.05) is 0 Å². The second kappa shape index (κ2) is 4.48. The molecule has 0 saturated heterocycles. The lowest BCUT2D eigenvalue weighted by Gasteiger charge is -2.05. The van der Waals surface area contributed by atoms with Gasteiger partial charge < -0.3 is 20.6 Å². The van der Waals surface area contributed by atoms with Gasteiger partial charge in [0, 0.05) is 12.1 Å². The molecule has 1 rings (SSSR count). The smallest absolute Gasteiger partial charge is 0.317 e. The number of nitrogens with one attached hydrogen (secondary N) is 1. The largest absolute Gasteiger partial charge is 0.504 e. The van der Waals surface area contributed by atoms with E-state index in [0.29, 0.717) is 5.56 Å².